The van der Waals surface area contributed by atoms with Gasteiger partial charge in [0, 0.05) is 31.8 Å². The number of rotatable bonds is 10. The van der Waals surface area contributed by atoms with Crippen LogP contribution in [0.5, 0.6) is 0 Å². The average molecular weight is 649 g/mol. The second kappa shape index (κ2) is 15.2. The van der Waals surface area contributed by atoms with Crippen molar-refractivity contribution in [1.29, 1.82) is 0 Å². The van der Waals surface area contributed by atoms with Crippen molar-refractivity contribution in [3.63, 3.8) is 0 Å². The molecule has 4 aromatic carbocycles. The Hall–Kier alpha value is -4.57. The number of methoxy groups -OCH3 is 1. The quantitative estimate of drug-likeness (QED) is 0.0945. The molecule has 11 heteroatoms. The van der Waals surface area contributed by atoms with E-state index in [2.05, 4.69) is 16.0 Å². The van der Waals surface area contributed by atoms with Crippen LogP contribution in [-0.4, -0.2) is 36.1 Å². The van der Waals surface area contributed by atoms with E-state index in [1.807, 2.05) is 0 Å². The van der Waals surface area contributed by atoms with E-state index in [9.17, 15) is 19.2 Å². The van der Waals surface area contributed by atoms with Crippen molar-refractivity contribution in [2.24, 2.45) is 0 Å². The molecule has 44 heavy (non-hydrogen) atoms. The molecule has 0 aliphatic rings. The summed E-state index contributed by atoms with van der Waals surface area (Å²) in [4.78, 5) is 52.1. The number of benzene rings is 4. The molecule has 224 valence electrons. The van der Waals surface area contributed by atoms with Gasteiger partial charge in [-0.2, -0.15) is 0 Å². The Balaban J connectivity index is 1.51. The Morgan fingerprint density at radius 3 is 2.18 bits per heavy atom. The fourth-order valence-electron chi connectivity index (χ4n) is 3.95. The number of carbonyl (C=O) groups excluding carboxylic acids is 4. The highest BCUT2D eigenvalue weighted by Gasteiger charge is 2.20. The van der Waals surface area contributed by atoms with E-state index in [-0.39, 0.29) is 17.2 Å². The summed E-state index contributed by atoms with van der Waals surface area (Å²) in [5.74, 6) is -1.99. The summed E-state index contributed by atoms with van der Waals surface area (Å²) >= 11 is 13.9. The van der Waals surface area contributed by atoms with Crippen LogP contribution in [-0.2, 0) is 14.3 Å². The predicted molar refractivity (Wildman–Crippen MR) is 175 cm³/mol. The molecule has 1 atom stereocenters. The van der Waals surface area contributed by atoms with Crippen molar-refractivity contribution in [3.05, 3.63) is 129 Å². The number of carbonyl (C=O) groups is 4. The summed E-state index contributed by atoms with van der Waals surface area (Å²) in [6, 6.07) is 26.9. The molecule has 0 bridgehead atoms. The van der Waals surface area contributed by atoms with Crippen LogP contribution in [0.25, 0.3) is 6.08 Å². The maximum Gasteiger partial charge on any atom is 0.339 e. The van der Waals surface area contributed by atoms with Crippen molar-refractivity contribution < 1.29 is 23.9 Å². The predicted octanol–water partition coefficient (Wildman–Crippen LogP) is 7.31. The molecule has 0 aliphatic heterocycles. The fourth-order valence-corrected chi connectivity index (χ4v) is 5.39. The summed E-state index contributed by atoms with van der Waals surface area (Å²) in [5, 5.41) is 8.27. The molecular formula is C33H27Cl2N3O5S. The number of esters is 1. The molecule has 0 radical (unpaired) electrons. The zero-order valence-electron chi connectivity index (χ0n) is 23.6. The van der Waals surface area contributed by atoms with E-state index in [1.165, 1.54) is 24.9 Å². The second-order valence-electron chi connectivity index (χ2n) is 9.28. The summed E-state index contributed by atoms with van der Waals surface area (Å²) in [5.41, 5.74) is 1.65. The first kappa shape index (κ1) is 32.3. The number of anilines is 2. The Kier molecular flexibility index (Phi) is 11.2. The van der Waals surface area contributed by atoms with Crippen LogP contribution < -0.4 is 16.0 Å². The molecule has 0 heterocycles. The van der Waals surface area contributed by atoms with Gasteiger partial charge in [-0.15, -0.1) is 11.8 Å². The standard InChI is InChI=1S/C33H27Cl2N3O5S/c1-20(30(39)37-28-17-7-6-14-24(28)33(42)43-2)44-23-13-8-12-22(18-23)36-32(41)29(19-25-26(34)15-9-16-27(25)35)38-31(40)21-10-4-3-5-11-21/h3-20H,1-2H3,(H,36,41)(H,37,39)(H,38,40)/b29-19+. The van der Waals surface area contributed by atoms with Gasteiger partial charge in [0.05, 0.1) is 23.6 Å². The minimum Gasteiger partial charge on any atom is -0.465 e. The third kappa shape index (κ3) is 8.50. The van der Waals surface area contributed by atoms with Crippen LogP contribution in [0.15, 0.2) is 108 Å². The Labute approximate surface area is 268 Å². The molecule has 4 rings (SSSR count). The molecule has 3 N–H and O–H groups in total. The summed E-state index contributed by atoms with van der Waals surface area (Å²) in [7, 11) is 1.27. The van der Waals surface area contributed by atoms with Gasteiger partial charge in [0.2, 0.25) is 5.91 Å². The molecule has 1 unspecified atom stereocenters. The van der Waals surface area contributed by atoms with Crippen LogP contribution in [0.1, 0.15) is 33.2 Å². The monoisotopic (exact) mass is 647 g/mol. The van der Waals surface area contributed by atoms with Gasteiger partial charge in [0.25, 0.3) is 11.8 Å². The van der Waals surface area contributed by atoms with Crippen molar-refractivity contribution in [2.45, 2.75) is 17.1 Å². The molecule has 0 aliphatic carbocycles. The molecule has 0 saturated carbocycles. The lowest BCUT2D eigenvalue weighted by Gasteiger charge is -2.15. The van der Waals surface area contributed by atoms with Gasteiger partial charge in [0.15, 0.2) is 0 Å². The topological polar surface area (TPSA) is 114 Å². The molecule has 0 fully saturated rings. The lowest BCUT2D eigenvalue weighted by atomic mass is 10.1. The van der Waals surface area contributed by atoms with Crippen LogP contribution in [0.2, 0.25) is 10.0 Å². The Morgan fingerprint density at radius 1 is 0.818 bits per heavy atom. The third-order valence-electron chi connectivity index (χ3n) is 6.18. The third-order valence-corrected chi connectivity index (χ3v) is 7.93. The van der Waals surface area contributed by atoms with Crippen LogP contribution in [0.3, 0.4) is 0 Å². The first-order valence-corrected chi connectivity index (χ1v) is 14.9. The highest BCUT2D eigenvalue weighted by Crippen LogP contribution is 2.29. The number of halogens is 2. The first-order valence-electron chi connectivity index (χ1n) is 13.2. The van der Waals surface area contributed by atoms with E-state index < -0.39 is 23.0 Å². The highest BCUT2D eigenvalue weighted by molar-refractivity contribution is 8.00. The molecule has 3 amide bonds. The van der Waals surface area contributed by atoms with Crippen LogP contribution in [0.4, 0.5) is 11.4 Å². The van der Waals surface area contributed by atoms with E-state index in [0.717, 1.165) is 0 Å². The molecule has 0 spiro atoms. The molecular weight excluding hydrogens is 621 g/mol. The number of ether oxygens (including phenoxy) is 1. The molecule has 4 aromatic rings. The smallest absolute Gasteiger partial charge is 0.339 e. The van der Waals surface area contributed by atoms with Gasteiger partial charge >= 0.3 is 5.97 Å². The average Bonchev–Trinajstić information content (AvgIpc) is 3.02. The van der Waals surface area contributed by atoms with E-state index in [1.54, 1.807) is 104 Å². The fraction of sp³-hybridized carbons (Fsp3) is 0.0909. The number of nitrogens with one attached hydrogen (secondary N) is 3. The minimum absolute atomic E-state index is 0.0797. The summed E-state index contributed by atoms with van der Waals surface area (Å²) in [6.45, 7) is 1.72. The van der Waals surface area contributed by atoms with E-state index in [4.69, 9.17) is 27.9 Å². The van der Waals surface area contributed by atoms with Crippen LogP contribution in [0, 0.1) is 0 Å². The van der Waals surface area contributed by atoms with Crippen molar-refractivity contribution in [1.82, 2.24) is 5.32 Å². The lowest BCUT2D eigenvalue weighted by molar-refractivity contribution is -0.115. The molecule has 8 nitrogen and oxygen atoms in total. The maximum absolute atomic E-state index is 13.5. The van der Waals surface area contributed by atoms with Gasteiger partial charge in [0.1, 0.15) is 5.70 Å². The van der Waals surface area contributed by atoms with Gasteiger partial charge in [-0.1, -0.05) is 65.7 Å². The minimum atomic E-state index is -0.613. The molecule has 0 aromatic heterocycles. The van der Waals surface area contributed by atoms with Crippen molar-refractivity contribution in [3.8, 4) is 0 Å². The number of hydrogen-bond acceptors (Lipinski definition) is 6. The number of para-hydroxylation sites is 1. The first-order chi connectivity index (χ1) is 21.2. The number of hydrogen-bond donors (Lipinski definition) is 3. The normalized spacial score (nSPS) is 11.7. The largest absolute Gasteiger partial charge is 0.465 e. The summed E-state index contributed by atoms with van der Waals surface area (Å²) < 4.78 is 4.79. The van der Waals surface area contributed by atoms with Gasteiger partial charge < -0.3 is 20.7 Å². The second-order valence-corrected chi connectivity index (χ2v) is 11.5. The molecule has 0 saturated heterocycles. The van der Waals surface area contributed by atoms with Crippen LogP contribution >= 0.6 is 35.0 Å². The number of amides is 3. The lowest BCUT2D eigenvalue weighted by Crippen LogP contribution is -2.30. The van der Waals surface area contributed by atoms with Gasteiger partial charge in [-0.3, -0.25) is 14.4 Å². The van der Waals surface area contributed by atoms with E-state index in [0.29, 0.717) is 37.4 Å². The Morgan fingerprint density at radius 2 is 1.48 bits per heavy atom. The zero-order valence-corrected chi connectivity index (χ0v) is 25.9. The maximum atomic E-state index is 13.5. The zero-order chi connectivity index (χ0) is 31.6. The van der Waals surface area contributed by atoms with Crippen molar-refractivity contribution in [2.75, 3.05) is 17.7 Å². The van der Waals surface area contributed by atoms with Gasteiger partial charge in [-0.05, 0) is 67.6 Å². The Bertz CT molecular complexity index is 1710. The van der Waals surface area contributed by atoms with Gasteiger partial charge in [-0.25, -0.2) is 4.79 Å². The highest BCUT2D eigenvalue weighted by atomic mass is 35.5. The number of thioether (sulfide) groups is 1. The van der Waals surface area contributed by atoms with Crippen molar-refractivity contribution >= 4 is 76.1 Å². The summed E-state index contributed by atoms with van der Waals surface area (Å²) in [6.07, 6.45) is 1.41. The SMILES string of the molecule is COC(=O)c1ccccc1NC(=O)C(C)Sc1cccc(NC(=O)/C(=C\c2c(Cl)cccc2Cl)NC(=O)c2ccccc2)c1. The van der Waals surface area contributed by atoms with E-state index >= 15 is 0 Å².